The van der Waals surface area contributed by atoms with Gasteiger partial charge in [0, 0.05) is 35.3 Å². The van der Waals surface area contributed by atoms with Crippen LogP contribution in [0.2, 0.25) is 0 Å². The lowest BCUT2D eigenvalue weighted by Crippen LogP contribution is -2.47. The number of amides is 3. The Bertz CT molecular complexity index is 1710. The van der Waals surface area contributed by atoms with Gasteiger partial charge in [-0.05, 0) is 35.4 Å². The minimum absolute atomic E-state index is 0.170. The van der Waals surface area contributed by atoms with Gasteiger partial charge in [0.15, 0.2) is 0 Å². The third-order valence-corrected chi connectivity index (χ3v) is 7.05. The number of para-hydroxylation sites is 1. The topological polar surface area (TPSA) is 96.3 Å². The number of hydrazine groups is 1. The molecule has 0 spiro atoms. The Balaban J connectivity index is 1.41. The Morgan fingerprint density at radius 3 is 2.36 bits per heavy atom. The van der Waals surface area contributed by atoms with E-state index in [-0.39, 0.29) is 18.1 Å². The van der Waals surface area contributed by atoms with Gasteiger partial charge in [-0.3, -0.25) is 30.2 Å². The molecule has 5 aromatic rings. The molecule has 3 aromatic carbocycles. The van der Waals surface area contributed by atoms with Gasteiger partial charge in [0.1, 0.15) is 12.2 Å². The van der Waals surface area contributed by atoms with Gasteiger partial charge >= 0.3 is 0 Å². The van der Waals surface area contributed by atoms with Crippen LogP contribution in [0.4, 0.5) is 0 Å². The summed E-state index contributed by atoms with van der Waals surface area (Å²) >= 11 is 0. The third kappa shape index (κ3) is 4.21. The normalized spacial score (nSPS) is 14.3. The van der Waals surface area contributed by atoms with Gasteiger partial charge in [-0.15, -0.1) is 0 Å². The second kappa shape index (κ2) is 9.90. The lowest BCUT2D eigenvalue weighted by atomic mass is 9.93. The van der Waals surface area contributed by atoms with Crippen LogP contribution in [0.5, 0.6) is 0 Å². The van der Waals surface area contributed by atoms with Crippen molar-refractivity contribution in [2.45, 2.75) is 6.04 Å². The molecule has 0 bridgehead atoms. The number of benzene rings is 3. The zero-order valence-electron chi connectivity index (χ0n) is 21.2. The van der Waals surface area contributed by atoms with Crippen molar-refractivity contribution in [3.8, 4) is 11.3 Å². The molecule has 2 aromatic heterocycles. The average Bonchev–Trinajstić information content (AvgIpc) is 3.42. The molecule has 3 heterocycles. The zero-order chi connectivity index (χ0) is 26.9. The lowest BCUT2D eigenvalue weighted by molar-refractivity contribution is -0.122. The van der Waals surface area contributed by atoms with Crippen LogP contribution in [-0.2, 0) is 11.8 Å². The summed E-state index contributed by atoms with van der Waals surface area (Å²) in [5, 5.41) is 1.00. The SMILES string of the molecule is Cn1c(-c2ccccc2)c(C2c3ccccc3C(=O)N2CC(=O)NNC(=O)c2ccccn2)c2ccccc21. The highest BCUT2D eigenvalue weighted by Gasteiger charge is 2.41. The van der Waals surface area contributed by atoms with Crippen molar-refractivity contribution in [2.24, 2.45) is 7.05 Å². The Labute approximate surface area is 224 Å². The molecule has 0 radical (unpaired) electrons. The summed E-state index contributed by atoms with van der Waals surface area (Å²) in [7, 11) is 2.01. The van der Waals surface area contributed by atoms with Crippen molar-refractivity contribution < 1.29 is 14.4 Å². The van der Waals surface area contributed by atoms with E-state index in [0.29, 0.717) is 5.56 Å². The number of carbonyl (C=O) groups excluding carboxylic acids is 3. The van der Waals surface area contributed by atoms with E-state index in [1.165, 1.54) is 6.20 Å². The molecule has 6 rings (SSSR count). The molecule has 3 amide bonds. The number of pyridine rings is 1. The molecule has 1 atom stereocenters. The first-order valence-corrected chi connectivity index (χ1v) is 12.6. The summed E-state index contributed by atoms with van der Waals surface area (Å²) in [5.41, 5.74) is 10.3. The van der Waals surface area contributed by atoms with Crippen LogP contribution >= 0.6 is 0 Å². The van der Waals surface area contributed by atoms with Crippen LogP contribution in [-0.4, -0.2) is 38.7 Å². The monoisotopic (exact) mass is 515 g/mol. The minimum atomic E-state index is -0.544. The molecule has 0 saturated carbocycles. The molecular weight excluding hydrogens is 490 g/mol. The van der Waals surface area contributed by atoms with E-state index in [2.05, 4.69) is 26.5 Å². The minimum Gasteiger partial charge on any atom is -0.343 e. The molecule has 1 aliphatic heterocycles. The third-order valence-electron chi connectivity index (χ3n) is 7.05. The second-order valence-corrected chi connectivity index (χ2v) is 9.34. The lowest BCUT2D eigenvalue weighted by Gasteiger charge is -2.26. The van der Waals surface area contributed by atoms with Crippen molar-refractivity contribution in [1.82, 2.24) is 25.3 Å². The van der Waals surface area contributed by atoms with Crippen molar-refractivity contribution in [3.63, 3.8) is 0 Å². The number of aromatic nitrogens is 2. The number of fused-ring (bicyclic) bond motifs is 2. The molecule has 1 unspecified atom stereocenters. The number of nitrogens with one attached hydrogen (secondary N) is 2. The first kappa shape index (κ1) is 24.1. The van der Waals surface area contributed by atoms with Crippen molar-refractivity contribution in [1.29, 1.82) is 0 Å². The summed E-state index contributed by atoms with van der Waals surface area (Å²) in [5.74, 6) is -1.31. The summed E-state index contributed by atoms with van der Waals surface area (Å²) in [6.07, 6.45) is 1.50. The van der Waals surface area contributed by atoms with Crippen LogP contribution in [0.15, 0.2) is 103 Å². The molecule has 8 nitrogen and oxygen atoms in total. The number of rotatable bonds is 5. The summed E-state index contributed by atoms with van der Waals surface area (Å²) < 4.78 is 2.14. The number of hydrogen-bond acceptors (Lipinski definition) is 4. The zero-order valence-corrected chi connectivity index (χ0v) is 21.2. The van der Waals surface area contributed by atoms with E-state index >= 15 is 0 Å². The Morgan fingerprint density at radius 1 is 0.846 bits per heavy atom. The highest BCUT2D eigenvalue weighted by Crippen LogP contribution is 2.46. The highest BCUT2D eigenvalue weighted by atomic mass is 16.2. The molecule has 39 heavy (non-hydrogen) atoms. The number of carbonyl (C=O) groups is 3. The van der Waals surface area contributed by atoms with Gasteiger partial charge in [-0.25, -0.2) is 0 Å². The second-order valence-electron chi connectivity index (χ2n) is 9.34. The predicted molar refractivity (Wildman–Crippen MR) is 148 cm³/mol. The Hall–Kier alpha value is -5.24. The van der Waals surface area contributed by atoms with Gasteiger partial charge in [0.25, 0.3) is 17.7 Å². The van der Waals surface area contributed by atoms with Crippen LogP contribution in [0.25, 0.3) is 22.2 Å². The molecule has 0 fully saturated rings. The molecule has 0 aliphatic carbocycles. The Morgan fingerprint density at radius 2 is 1.56 bits per heavy atom. The summed E-state index contributed by atoms with van der Waals surface area (Å²) in [4.78, 5) is 44.7. The van der Waals surface area contributed by atoms with Crippen molar-refractivity contribution >= 4 is 28.6 Å². The smallest absolute Gasteiger partial charge is 0.288 e. The maximum absolute atomic E-state index is 13.7. The van der Waals surface area contributed by atoms with Crippen LogP contribution in [0, 0.1) is 0 Å². The number of aryl methyl sites for hydroxylation is 1. The van der Waals surface area contributed by atoms with Gasteiger partial charge in [-0.2, -0.15) is 0 Å². The molecule has 1 aliphatic rings. The largest absolute Gasteiger partial charge is 0.343 e. The summed E-state index contributed by atoms with van der Waals surface area (Å²) in [6, 6.07) is 30.0. The van der Waals surface area contributed by atoms with E-state index in [1.807, 2.05) is 73.8 Å². The average molecular weight is 516 g/mol. The van der Waals surface area contributed by atoms with E-state index in [4.69, 9.17) is 0 Å². The Kier molecular flexibility index (Phi) is 6.13. The first-order valence-electron chi connectivity index (χ1n) is 12.6. The van der Waals surface area contributed by atoms with Crippen LogP contribution in [0.3, 0.4) is 0 Å². The standard InChI is InChI=1S/C31H25N5O3/c1-35-25-17-8-7-15-23(25)27(28(35)20-11-3-2-4-12-20)29-21-13-5-6-14-22(21)31(39)36(29)19-26(37)33-34-30(38)24-16-9-10-18-32-24/h2-18,29H,19H2,1H3,(H,33,37)(H,34,38). The fraction of sp³-hybridized carbons (Fsp3) is 0.0968. The van der Waals surface area contributed by atoms with Gasteiger partial charge < -0.3 is 9.47 Å². The predicted octanol–water partition coefficient (Wildman–Crippen LogP) is 4.25. The van der Waals surface area contributed by atoms with Gasteiger partial charge in [-0.1, -0.05) is 72.8 Å². The summed E-state index contributed by atoms with van der Waals surface area (Å²) in [6.45, 7) is -0.252. The van der Waals surface area contributed by atoms with Crippen LogP contribution < -0.4 is 10.9 Å². The quantitative estimate of drug-likeness (QED) is 0.342. The fourth-order valence-electron chi connectivity index (χ4n) is 5.37. The van der Waals surface area contributed by atoms with Gasteiger partial charge in [0.05, 0.1) is 11.7 Å². The van der Waals surface area contributed by atoms with E-state index in [1.54, 1.807) is 29.2 Å². The van der Waals surface area contributed by atoms with Gasteiger partial charge in [0.2, 0.25) is 0 Å². The molecule has 0 saturated heterocycles. The molecule has 192 valence electrons. The number of nitrogens with zero attached hydrogens (tertiary/aromatic N) is 3. The fourth-order valence-corrected chi connectivity index (χ4v) is 5.37. The van der Waals surface area contributed by atoms with E-state index in [0.717, 1.165) is 33.3 Å². The molecule has 2 N–H and O–H groups in total. The maximum atomic E-state index is 13.7. The van der Waals surface area contributed by atoms with E-state index < -0.39 is 17.9 Å². The van der Waals surface area contributed by atoms with E-state index in [9.17, 15) is 14.4 Å². The first-order chi connectivity index (χ1) is 19.0. The maximum Gasteiger partial charge on any atom is 0.288 e. The van der Waals surface area contributed by atoms with Crippen LogP contribution in [0.1, 0.15) is 38.0 Å². The highest BCUT2D eigenvalue weighted by molar-refractivity contribution is 6.04. The van der Waals surface area contributed by atoms with Crippen molar-refractivity contribution in [3.05, 3.63) is 126 Å². The van der Waals surface area contributed by atoms with Crippen molar-refractivity contribution in [2.75, 3.05) is 6.54 Å². The molecule has 8 heteroatoms. The molecular formula is C31H25N5O3. The number of hydrogen-bond donors (Lipinski definition) is 2.